The van der Waals surface area contributed by atoms with E-state index in [1.807, 2.05) is 20.8 Å². The average molecular weight is 275 g/mol. The Balaban J connectivity index is 2.63. The summed E-state index contributed by atoms with van der Waals surface area (Å²) in [5.74, 6) is 0.323. The highest BCUT2D eigenvalue weighted by Crippen LogP contribution is 2.20. The monoisotopic (exact) mass is 275 g/mol. The fourth-order valence-corrected chi connectivity index (χ4v) is 2.29. The minimum absolute atomic E-state index is 0.130. The Morgan fingerprint density at radius 2 is 2.00 bits per heavy atom. The van der Waals surface area contributed by atoms with Crippen molar-refractivity contribution in [3.63, 3.8) is 0 Å². The van der Waals surface area contributed by atoms with E-state index in [0.717, 1.165) is 24.2 Å². The molecule has 6 heteroatoms. The smallest absolute Gasteiger partial charge is 0.295 e. The van der Waals surface area contributed by atoms with Crippen LogP contribution >= 0.6 is 0 Å². The zero-order valence-corrected chi connectivity index (χ0v) is 12.3. The molecule has 2 N–H and O–H groups in total. The van der Waals surface area contributed by atoms with Gasteiger partial charge >= 0.3 is 0 Å². The van der Waals surface area contributed by atoms with E-state index < -0.39 is 0 Å². The second kappa shape index (κ2) is 5.90. The first-order chi connectivity index (χ1) is 9.63. The van der Waals surface area contributed by atoms with Crippen molar-refractivity contribution in [2.24, 2.45) is 0 Å². The van der Waals surface area contributed by atoms with Gasteiger partial charge in [0.05, 0.1) is 17.1 Å². The van der Waals surface area contributed by atoms with Crippen molar-refractivity contribution < 1.29 is 0 Å². The molecule has 2 aromatic rings. The summed E-state index contributed by atoms with van der Waals surface area (Å²) in [5.41, 5.74) is 8.29. The molecular formula is C14H21N5O. The number of aryl methyl sites for hydroxylation is 2. The maximum absolute atomic E-state index is 12.4. The van der Waals surface area contributed by atoms with Crippen LogP contribution in [0.2, 0.25) is 0 Å². The minimum atomic E-state index is -0.130. The van der Waals surface area contributed by atoms with Crippen molar-refractivity contribution in [3.05, 3.63) is 34.1 Å². The van der Waals surface area contributed by atoms with Gasteiger partial charge in [-0.15, -0.1) is 0 Å². The van der Waals surface area contributed by atoms with Gasteiger partial charge in [-0.25, -0.2) is 9.67 Å². The number of hydrogen-bond acceptors (Lipinski definition) is 4. The Hall–Kier alpha value is -2.11. The van der Waals surface area contributed by atoms with Crippen molar-refractivity contribution in [1.82, 2.24) is 19.3 Å². The quantitative estimate of drug-likeness (QED) is 0.898. The molecule has 0 radical (unpaired) electrons. The lowest BCUT2D eigenvalue weighted by Crippen LogP contribution is -2.26. The van der Waals surface area contributed by atoms with Crippen LogP contribution in [0.15, 0.2) is 17.2 Å². The van der Waals surface area contributed by atoms with Gasteiger partial charge in [-0.3, -0.25) is 4.79 Å². The van der Waals surface area contributed by atoms with E-state index in [9.17, 15) is 4.79 Å². The van der Waals surface area contributed by atoms with Crippen LogP contribution < -0.4 is 11.3 Å². The van der Waals surface area contributed by atoms with Crippen LogP contribution in [-0.2, 0) is 19.4 Å². The van der Waals surface area contributed by atoms with Gasteiger partial charge in [0.15, 0.2) is 0 Å². The zero-order chi connectivity index (χ0) is 14.7. The number of anilines is 1. The van der Waals surface area contributed by atoms with Gasteiger partial charge in [0.25, 0.3) is 5.56 Å². The molecule has 0 atom stereocenters. The van der Waals surface area contributed by atoms with Crippen molar-refractivity contribution >= 4 is 5.69 Å². The molecule has 0 aromatic carbocycles. The van der Waals surface area contributed by atoms with Crippen LogP contribution in [0.1, 0.15) is 38.6 Å². The summed E-state index contributed by atoms with van der Waals surface area (Å²) in [5, 5.41) is 4.45. The van der Waals surface area contributed by atoms with Gasteiger partial charge in [-0.05, 0) is 19.3 Å². The van der Waals surface area contributed by atoms with Gasteiger partial charge in [-0.2, -0.15) is 5.10 Å². The van der Waals surface area contributed by atoms with E-state index in [1.165, 1.54) is 0 Å². The first-order valence-electron chi connectivity index (χ1n) is 7.06. The molecule has 0 amide bonds. The summed E-state index contributed by atoms with van der Waals surface area (Å²) in [4.78, 5) is 16.6. The van der Waals surface area contributed by atoms with E-state index in [2.05, 4.69) is 10.1 Å². The maximum Gasteiger partial charge on any atom is 0.295 e. The third kappa shape index (κ3) is 2.33. The minimum Gasteiger partial charge on any atom is -0.396 e. The first kappa shape index (κ1) is 14.3. The summed E-state index contributed by atoms with van der Waals surface area (Å²) in [7, 11) is 0. The van der Waals surface area contributed by atoms with Crippen molar-refractivity contribution in [3.8, 4) is 5.82 Å². The molecule has 0 saturated carbocycles. The van der Waals surface area contributed by atoms with E-state index in [-0.39, 0.29) is 5.56 Å². The van der Waals surface area contributed by atoms with Crippen LogP contribution in [0, 0.1) is 0 Å². The molecule has 0 fully saturated rings. The number of hydrogen-bond donors (Lipinski definition) is 1. The zero-order valence-electron chi connectivity index (χ0n) is 12.3. The Morgan fingerprint density at radius 3 is 2.60 bits per heavy atom. The largest absolute Gasteiger partial charge is 0.396 e. The number of nitrogens with two attached hydrogens (primary N) is 1. The SMILES string of the molecule is CCCn1ccnc(-n2nc(CC)c(N)c2CC)c1=O. The Morgan fingerprint density at radius 1 is 1.25 bits per heavy atom. The number of nitrogen functional groups attached to an aromatic ring is 1. The molecular weight excluding hydrogens is 254 g/mol. The molecule has 2 aromatic heterocycles. The van der Waals surface area contributed by atoms with E-state index in [1.54, 1.807) is 21.6 Å². The van der Waals surface area contributed by atoms with Crippen LogP contribution in [0.3, 0.4) is 0 Å². The van der Waals surface area contributed by atoms with E-state index >= 15 is 0 Å². The van der Waals surface area contributed by atoms with Gasteiger partial charge in [0, 0.05) is 18.9 Å². The summed E-state index contributed by atoms with van der Waals surface area (Å²) < 4.78 is 3.26. The molecule has 108 valence electrons. The predicted molar refractivity (Wildman–Crippen MR) is 79.1 cm³/mol. The first-order valence-corrected chi connectivity index (χ1v) is 7.06. The van der Waals surface area contributed by atoms with Crippen LogP contribution in [0.4, 0.5) is 5.69 Å². The molecule has 0 aliphatic heterocycles. The van der Waals surface area contributed by atoms with Crippen molar-refractivity contribution in [1.29, 1.82) is 0 Å². The molecule has 2 rings (SSSR count). The third-order valence-corrected chi connectivity index (χ3v) is 3.33. The molecule has 6 nitrogen and oxygen atoms in total. The fourth-order valence-electron chi connectivity index (χ4n) is 2.29. The average Bonchev–Trinajstić information content (AvgIpc) is 2.77. The van der Waals surface area contributed by atoms with Gasteiger partial charge in [0.2, 0.25) is 5.82 Å². The Labute approximate surface area is 118 Å². The lowest BCUT2D eigenvalue weighted by Gasteiger charge is -2.08. The molecule has 0 saturated heterocycles. The number of nitrogens with zero attached hydrogens (tertiary/aromatic N) is 4. The molecule has 0 aliphatic rings. The third-order valence-electron chi connectivity index (χ3n) is 3.33. The maximum atomic E-state index is 12.4. The Kier molecular flexibility index (Phi) is 4.22. The van der Waals surface area contributed by atoms with Gasteiger partial charge < -0.3 is 10.3 Å². The molecule has 0 aliphatic carbocycles. The highest BCUT2D eigenvalue weighted by Gasteiger charge is 2.17. The summed E-state index contributed by atoms with van der Waals surface area (Å²) in [6, 6.07) is 0. The van der Waals surface area contributed by atoms with Crippen LogP contribution in [0.5, 0.6) is 0 Å². The number of rotatable bonds is 5. The second-order valence-corrected chi connectivity index (χ2v) is 4.68. The molecule has 0 bridgehead atoms. The van der Waals surface area contributed by atoms with Gasteiger partial charge in [-0.1, -0.05) is 20.8 Å². The van der Waals surface area contributed by atoms with E-state index in [0.29, 0.717) is 24.5 Å². The fraction of sp³-hybridized carbons (Fsp3) is 0.500. The predicted octanol–water partition coefficient (Wildman–Crippen LogP) is 1.55. The second-order valence-electron chi connectivity index (χ2n) is 4.68. The standard InChI is InChI=1S/C14H21N5O/c1-4-8-18-9-7-16-13(14(18)20)19-11(6-3)12(15)10(5-2)17-19/h7,9H,4-6,8,15H2,1-3H3. The molecule has 20 heavy (non-hydrogen) atoms. The topological polar surface area (TPSA) is 78.7 Å². The number of aromatic nitrogens is 4. The normalized spacial score (nSPS) is 10.9. The summed E-state index contributed by atoms with van der Waals surface area (Å²) in [6.45, 7) is 6.70. The lowest BCUT2D eigenvalue weighted by atomic mass is 10.2. The lowest BCUT2D eigenvalue weighted by molar-refractivity contribution is 0.632. The highest BCUT2D eigenvalue weighted by atomic mass is 16.1. The molecule has 0 spiro atoms. The summed E-state index contributed by atoms with van der Waals surface area (Å²) >= 11 is 0. The molecule has 0 unspecified atom stereocenters. The Bertz CT molecular complexity index is 656. The van der Waals surface area contributed by atoms with Crippen LogP contribution in [0.25, 0.3) is 5.82 Å². The van der Waals surface area contributed by atoms with Crippen molar-refractivity contribution in [2.75, 3.05) is 5.73 Å². The molecule has 2 heterocycles. The van der Waals surface area contributed by atoms with Crippen molar-refractivity contribution in [2.45, 2.75) is 46.6 Å². The van der Waals surface area contributed by atoms with Crippen LogP contribution in [-0.4, -0.2) is 19.3 Å². The van der Waals surface area contributed by atoms with E-state index in [4.69, 9.17) is 5.73 Å². The van der Waals surface area contributed by atoms with Gasteiger partial charge in [0.1, 0.15) is 0 Å². The summed E-state index contributed by atoms with van der Waals surface area (Å²) in [6.07, 6.45) is 5.68. The highest BCUT2D eigenvalue weighted by molar-refractivity contribution is 5.50.